The van der Waals surface area contributed by atoms with Gasteiger partial charge in [0.25, 0.3) is 0 Å². The van der Waals surface area contributed by atoms with Crippen molar-refractivity contribution in [3.8, 4) is 17.2 Å². The first-order valence-electron chi connectivity index (χ1n) is 5.75. The van der Waals surface area contributed by atoms with Crippen molar-refractivity contribution in [2.75, 3.05) is 41.7 Å². The minimum absolute atomic E-state index is 0.00170. The lowest BCUT2D eigenvalue weighted by molar-refractivity contribution is 0.0402. The number of benzene rings is 1. The molecule has 7 heteroatoms. The molecule has 0 N–H and O–H groups in total. The lowest BCUT2D eigenvalue weighted by atomic mass is 10.2. The smallest absolute Gasteiger partial charge is 0.188 e. The monoisotopic (exact) mass is 286 g/mol. The molecule has 1 aromatic rings. The molecule has 0 aliphatic rings. The molecular formula is C13H18O7. The SMILES string of the molecule is COCOc1cc(OCOC)c(C=O)c(OCOC)c1. The number of hydrogen-bond donors (Lipinski definition) is 0. The minimum atomic E-state index is -0.00170. The maximum Gasteiger partial charge on any atom is 0.188 e. The molecule has 0 aliphatic carbocycles. The summed E-state index contributed by atoms with van der Waals surface area (Å²) in [4.78, 5) is 11.2. The molecule has 0 radical (unpaired) electrons. The van der Waals surface area contributed by atoms with Gasteiger partial charge in [0.15, 0.2) is 26.7 Å². The molecule has 0 amide bonds. The maximum absolute atomic E-state index is 11.2. The Kier molecular flexibility index (Phi) is 7.41. The summed E-state index contributed by atoms with van der Waals surface area (Å²) in [5.74, 6) is 1.03. The summed E-state index contributed by atoms with van der Waals surface area (Å²) in [7, 11) is 4.47. The number of ether oxygens (including phenoxy) is 6. The van der Waals surface area contributed by atoms with E-state index in [1.54, 1.807) is 12.1 Å². The fourth-order valence-corrected chi connectivity index (χ4v) is 1.39. The van der Waals surface area contributed by atoms with E-state index in [0.717, 1.165) is 0 Å². The standard InChI is InChI=1S/C13H18O7/c1-15-7-18-10-4-12(19-8-16-2)11(6-14)13(5-10)20-9-17-3/h4-6H,7-9H2,1-3H3. The molecule has 0 heterocycles. The number of aldehydes is 1. The molecule has 112 valence electrons. The largest absolute Gasteiger partial charge is 0.467 e. The highest BCUT2D eigenvalue weighted by atomic mass is 16.7. The van der Waals surface area contributed by atoms with Crippen LogP contribution < -0.4 is 14.2 Å². The first-order chi connectivity index (χ1) is 9.76. The molecule has 20 heavy (non-hydrogen) atoms. The molecule has 7 nitrogen and oxygen atoms in total. The fraction of sp³-hybridized carbons (Fsp3) is 0.462. The quantitative estimate of drug-likeness (QED) is 0.476. The predicted molar refractivity (Wildman–Crippen MR) is 69.3 cm³/mol. The zero-order valence-electron chi connectivity index (χ0n) is 11.7. The van der Waals surface area contributed by atoms with Crippen molar-refractivity contribution in [1.82, 2.24) is 0 Å². The Morgan fingerprint density at radius 3 is 1.70 bits per heavy atom. The van der Waals surface area contributed by atoms with Gasteiger partial charge in [-0.05, 0) is 0 Å². The normalized spacial score (nSPS) is 10.2. The summed E-state index contributed by atoms with van der Waals surface area (Å²) in [5.41, 5.74) is 0.254. The Bertz CT molecular complexity index is 390. The van der Waals surface area contributed by atoms with Gasteiger partial charge in [0, 0.05) is 33.5 Å². The highest BCUT2D eigenvalue weighted by Gasteiger charge is 2.14. The zero-order valence-corrected chi connectivity index (χ0v) is 11.7. The van der Waals surface area contributed by atoms with Gasteiger partial charge in [0.2, 0.25) is 0 Å². The second-order valence-electron chi connectivity index (χ2n) is 3.60. The molecule has 1 aromatic carbocycles. The van der Waals surface area contributed by atoms with Crippen molar-refractivity contribution in [1.29, 1.82) is 0 Å². The topological polar surface area (TPSA) is 72.5 Å². The number of hydrogen-bond acceptors (Lipinski definition) is 7. The predicted octanol–water partition coefficient (Wildman–Crippen LogP) is 1.45. The van der Waals surface area contributed by atoms with E-state index in [2.05, 4.69) is 0 Å². The average molecular weight is 286 g/mol. The summed E-state index contributed by atoms with van der Waals surface area (Å²) < 4.78 is 30.4. The van der Waals surface area contributed by atoms with Crippen LogP contribution in [0, 0.1) is 0 Å². The summed E-state index contributed by atoms with van der Waals surface area (Å²) in [6.07, 6.45) is 0.635. The van der Waals surface area contributed by atoms with Gasteiger partial charge < -0.3 is 28.4 Å². The van der Waals surface area contributed by atoms with Crippen LogP contribution in [0.1, 0.15) is 10.4 Å². The van der Waals surface area contributed by atoms with Gasteiger partial charge >= 0.3 is 0 Å². The number of carbonyl (C=O) groups is 1. The molecule has 0 saturated carbocycles. The van der Waals surface area contributed by atoms with Crippen LogP contribution in [0.15, 0.2) is 12.1 Å². The Morgan fingerprint density at radius 1 is 0.850 bits per heavy atom. The first-order valence-corrected chi connectivity index (χ1v) is 5.75. The third kappa shape index (κ3) is 4.69. The highest BCUT2D eigenvalue weighted by molar-refractivity contribution is 5.84. The minimum Gasteiger partial charge on any atom is -0.467 e. The van der Waals surface area contributed by atoms with E-state index in [0.29, 0.717) is 23.5 Å². The number of rotatable bonds is 10. The van der Waals surface area contributed by atoms with Gasteiger partial charge in [0.1, 0.15) is 17.2 Å². The number of methoxy groups -OCH3 is 3. The molecule has 0 saturated heterocycles. The van der Waals surface area contributed by atoms with Crippen LogP contribution in [0.25, 0.3) is 0 Å². The van der Waals surface area contributed by atoms with E-state index >= 15 is 0 Å². The van der Waals surface area contributed by atoms with E-state index in [9.17, 15) is 4.79 Å². The van der Waals surface area contributed by atoms with Crippen LogP contribution in [-0.2, 0) is 14.2 Å². The average Bonchev–Trinajstić information content (AvgIpc) is 2.48. The van der Waals surface area contributed by atoms with Crippen LogP contribution >= 0.6 is 0 Å². The second kappa shape index (κ2) is 9.13. The molecule has 0 spiro atoms. The van der Waals surface area contributed by atoms with Gasteiger partial charge in [-0.1, -0.05) is 0 Å². The molecule has 0 bridgehead atoms. The summed E-state index contributed by atoms with van der Waals surface area (Å²) in [5, 5.41) is 0. The van der Waals surface area contributed by atoms with Gasteiger partial charge in [0.05, 0.1) is 5.56 Å². The van der Waals surface area contributed by atoms with Crippen molar-refractivity contribution in [3.63, 3.8) is 0 Å². The van der Waals surface area contributed by atoms with Crippen LogP contribution in [0.3, 0.4) is 0 Å². The van der Waals surface area contributed by atoms with Gasteiger partial charge in [-0.2, -0.15) is 0 Å². The van der Waals surface area contributed by atoms with E-state index in [4.69, 9.17) is 28.4 Å². The Morgan fingerprint density at radius 2 is 1.30 bits per heavy atom. The summed E-state index contributed by atoms with van der Waals surface area (Å²) >= 11 is 0. The second-order valence-corrected chi connectivity index (χ2v) is 3.60. The van der Waals surface area contributed by atoms with E-state index in [-0.39, 0.29) is 25.9 Å². The summed E-state index contributed by atoms with van der Waals surface area (Å²) in [6, 6.07) is 3.11. The van der Waals surface area contributed by atoms with Crippen molar-refractivity contribution >= 4 is 6.29 Å². The third-order valence-corrected chi connectivity index (χ3v) is 2.20. The van der Waals surface area contributed by atoms with Crippen LogP contribution in [0.2, 0.25) is 0 Å². The lowest BCUT2D eigenvalue weighted by Crippen LogP contribution is -2.07. The lowest BCUT2D eigenvalue weighted by Gasteiger charge is -2.14. The zero-order chi connectivity index (χ0) is 14.8. The van der Waals surface area contributed by atoms with Crippen molar-refractivity contribution < 1.29 is 33.2 Å². The van der Waals surface area contributed by atoms with Gasteiger partial charge in [-0.25, -0.2) is 0 Å². The van der Waals surface area contributed by atoms with Crippen LogP contribution in [-0.4, -0.2) is 48.0 Å². The van der Waals surface area contributed by atoms with Gasteiger partial charge in [-0.3, -0.25) is 4.79 Å². The number of carbonyl (C=O) groups excluding carboxylic acids is 1. The van der Waals surface area contributed by atoms with E-state index in [1.165, 1.54) is 21.3 Å². The van der Waals surface area contributed by atoms with Crippen molar-refractivity contribution in [2.45, 2.75) is 0 Å². The first kappa shape index (κ1) is 16.2. The Balaban J connectivity index is 3.05. The Hall–Kier alpha value is -1.83. The van der Waals surface area contributed by atoms with Crippen LogP contribution in [0.4, 0.5) is 0 Å². The van der Waals surface area contributed by atoms with Crippen molar-refractivity contribution in [2.24, 2.45) is 0 Å². The fourth-order valence-electron chi connectivity index (χ4n) is 1.39. The molecular weight excluding hydrogens is 268 g/mol. The third-order valence-electron chi connectivity index (χ3n) is 2.20. The van der Waals surface area contributed by atoms with E-state index < -0.39 is 0 Å². The summed E-state index contributed by atoms with van der Waals surface area (Å²) in [6.45, 7) is 0.0600. The van der Waals surface area contributed by atoms with Crippen LogP contribution in [0.5, 0.6) is 17.2 Å². The molecule has 0 aromatic heterocycles. The maximum atomic E-state index is 11.2. The highest BCUT2D eigenvalue weighted by Crippen LogP contribution is 2.33. The van der Waals surface area contributed by atoms with Gasteiger partial charge in [-0.15, -0.1) is 0 Å². The Labute approximate surface area is 117 Å². The molecule has 0 fully saturated rings. The molecule has 0 unspecified atom stereocenters. The molecule has 0 aliphatic heterocycles. The van der Waals surface area contributed by atoms with E-state index in [1.807, 2.05) is 0 Å². The molecule has 1 rings (SSSR count). The van der Waals surface area contributed by atoms with Crippen molar-refractivity contribution in [3.05, 3.63) is 17.7 Å². The molecule has 0 atom stereocenters.